The molecule has 1 aliphatic rings. The number of benzene rings is 1. The number of carbonyl (C=O) groups excluding carboxylic acids is 1. The number of anilines is 1. The Morgan fingerprint density at radius 1 is 1.10 bits per heavy atom. The molecule has 0 aliphatic carbocycles. The molecular formula is C20H22FN3O7. The van der Waals surface area contributed by atoms with Crippen LogP contribution in [0.5, 0.6) is 5.75 Å². The van der Waals surface area contributed by atoms with Crippen LogP contribution in [-0.2, 0) is 16.1 Å². The van der Waals surface area contributed by atoms with E-state index in [2.05, 4.69) is 4.74 Å². The fourth-order valence-electron chi connectivity index (χ4n) is 3.61. The molecule has 1 fully saturated rings. The Morgan fingerprint density at radius 3 is 2.35 bits per heavy atom. The van der Waals surface area contributed by atoms with Crippen molar-refractivity contribution < 1.29 is 33.7 Å². The lowest BCUT2D eigenvalue weighted by molar-refractivity contribution is -0.141. The summed E-state index contributed by atoms with van der Waals surface area (Å²) in [6.45, 7) is 3.52. The van der Waals surface area contributed by atoms with Crippen molar-refractivity contribution in [2.24, 2.45) is 0 Å². The molecule has 166 valence electrons. The molecule has 1 saturated heterocycles. The SMILES string of the molecule is CCn1cc(OC(=O)O)c(=O)c2cc(F)c(N3CCN(C(=O)CCC(=O)O)CC3)cc21. The van der Waals surface area contributed by atoms with Gasteiger partial charge in [0.15, 0.2) is 5.75 Å². The van der Waals surface area contributed by atoms with E-state index in [-0.39, 0.29) is 29.8 Å². The van der Waals surface area contributed by atoms with E-state index in [1.54, 1.807) is 21.3 Å². The van der Waals surface area contributed by atoms with Gasteiger partial charge in [0.05, 0.1) is 29.2 Å². The quantitative estimate of drug-likeness (QED) is 0.657. The van der Waals surface area contributed by atoms with Gasteiger partial charge in [-0.15, -0.1) is 0 Å². The van der Waals surface area contributed by atoms with Crippen molar-refractivity contribution in [3.05, 3.63) is 34.4 Å². The minimum absolute atomic E-state index is 0.00401. The van der Waals surface area contributed by atoms with Crippen LogP contribution < -0.4 is 15.1 Å². The molecule has 2 aromatic rings. The molecule has 10 nitrogen and oxygen atoms in total. The molecule has 3 rings (SSSR count). The van der Waals surface area contributed by atoms with Gasteiger partial charge < -0.3 is 29.3 Å². The highest BCUT2D eigenvalue weighted by molar-refractivity contribution is 5.85. The number of amides is 1. The zero-order valence-electron chi connectivity index (χ0n) is 16.8. The molecule has 0 saturated carbocycles. The average Bonchev–Trinajstić information content (AvgIpc) is 2.73. The molecule has 0 unspecified atom stereocenters. The number of carbonyl (C=O) groups is 3. The van der Waals surface area contributed by atoms with E-state index in [1.807, 2.05) is 0 Å². The maximum atomic E-state index is 14.9. The van der Waals surface area contributed by atoms with Crippen molar-refractivity contribution in [1.82, 2.24) is 9.47 Å². The Morgan fingerprint density at radius 2 is 1.77 bits per heavy atom. The number of hydrogen-bond acceptors (Lipinski definition) is 6. The topological polar surface area (TPSA) is 129 Å². The number of aliphatic carboxylic acids is 1. The van der Waals surface area contributed by atoms with E-state index in [9.17, 15) is 23.6 Å². The van der Waals surface area contributed by atoms with E-state index in [0.717, 1.165) is 6.07 Å². The number of fused-ring (bicyclic) bond motifs is 1. The minimum Gasteiger partial charge on any atom is -0.481 e. The number of hydrogen-bond donors (Lipinski definition) is 2. The van der Waals surface area contributed by atoms with Crippen LogP contribution in [0, 0.1) is 5.82 Å². The van der Waals surface area contributed by atoms with Crippen LogP contribution in [0.3, 0.4) is 0 Å². The number of carboxylic acid groups (broad SMARTS) is 2. The van der Waals surface area contributed by atoms with Crippen molar-refractivity contribution in [3.63, 3.8) is 0 Å². The van der Waals surface area contributed by atoms with E-state index < -0.39 is 29.1 Å². The lowest BCUT2D eigenvalue weighted by atomic mass is 10.1. The van der Waals surface area contributed by atoms with Gasteiger partial charge in [0, 0.05) is 39.1 Å². The number of aromatic nitrogens is 1. The third-order valence-corrected chi connectivity index (χ3v) is 5.18. The lowest BCUT2D eigenvalue weighted by Crippen LogP contribution is -2.49. The average molecular weight is 435 g/mol. The van der Waals surface area contributed by atoms with Gasteiger partial charge in [-0.3, -0.25) is 14.4 Å². The van der Waals surface area contributed by atoms with Crippen molar-refractivity contribution in [2.45, 2.75) is 26.3 Å². The molecule has 1 amide bonds. The highest BCUT2D eigenvalue weighted by atomic mass is 19.1. The summed E-state index contributed by atoms with van der Waals surface area (Å²) < 4.78 is 21.0. The number of nitrogens with zero attached hydrogens (tertiary/aromatic N) is 3. The van der Waals surface area contributed by atoms with E-state index in [0.29, 0.717) is 38.2 Å². The molecule has 0 atom stereocenters. The summed E-state index contributed by atoms with van der Waals surface area (Å²) in [4.78, 5) is 49.4. The van der Waals surface area contributed by atoms with Crippen LogP contribution in [0.1, 0.15) is 19.8 Å². The second-order valence-corrected chi connectivity index (χ2v) is 7.06. The van der Waals surface area contributed by atoms with Crippen molar-refractivity contribution in [3.8, 4) is 5.75 Å². The first-order chi connectivity index (χ1) is 14.7. The van der Waals surface area contributed by atoms with Gasteiger partial charge in [0.25, 0.3) is 0 Å². The fourth-order valence-corrected chi connectivity index (χ4v) is 3.61. The molecule has 11 heteroatoms. The van der Waals surface area contributed by atoms with Gasteiger partial charge in [-0.2, -0.15) is 0 Å². The summed E-state index contributed by atoms with van der Waals surface area (Å²) in [7, 11) is 0. The van der Waals surface area contributed by atoms with Crippen molar-refractivity contribution in [1.29, 1.82) is 0 Å². The van der Waals surface area contributed by atoms with Gasteiger partial charge in [0.2, 0.25) is 11.3 Å². The number of ether oxygens (including phenoxy) is 1. The van der Waals surface area contributed by atoms with Gasteiger partial charge in [-0.1, -0.05) is 0 Å². The van der Waals surface area contributed by atoms with Crippen LogP contribution in [0.15, 0.2) is 23.1 Å². The summed E-state index contributed by atoms with van der Waals surface area (Å²) >= 11 is 0. The molecule has 2 heterocycles. The second-order valence-electron chi connectivity index (χ2n) is 7.06. The first-order valence-corrected chi connectivity index (χ1v) is 9.73. The lowest BCUT2D eigenvalue weighted by Gasteiger charge is -2.36. The molecule has 0 bridgehead atoms. The normalized spacial score (nSPS) is 14.0. The summed E-state index contributed by atoms with van der Waals surface area (Å²) in [5.74, 6) is -2.34. The maximum absolute atomic E-state index is 14.9. The molecule has 1 aliphatic heterocycles. The zero-order valence-corrected chi connectivity index (χ0v) is 16.8. The first-order valence-electron chi connectivity index (χ1n) is 9.73. The van der Waals surface area contributed by atoms with Crippen LogP contribution in [0.4, 0.5) is 14.9 Å². The summed E-state index contributed by atoms with van der Waals surface area (Å²) in [5, 5.41) is 17.5. The van der Waals surface area contributed by atoms with Crippen molar-refractivity contribution >= 4 is 34.6 Å². The van der Waals surface area contributed by atoms with Crippen LogP contribution in [-0.4, -0.2) is 63.9 Å². The number of halogens is 1. The Labute approximate surface area is 176 Å². The fraction of sp³-hybridized carbons (Fsp3) is 0.400. The van der Waals surface area contributed by atoms with Gasteiger partial charge >= 0.3 is 12.1 Å². The summed E-state index contributed by atoms with van der Waals surface area (Å²) in [6.07, 6.45) is -0.671. The van der Waals surface area contributed by atoms with Crippen LogP contribution >= 0.6 is 0 Å². The van der Waals surface area contributed by atoms with Crippen LogP contribution in [0.25, 0.3) is 10.9 Å². The molecule has 1 aromatic carbocycles. The second kappa shape index (κ2) is 9.02. The standard InChI is InChI=1S/C20H22FN3O7/c1-2-22-11-16(31-20(29)30)19(28)12-9-13(21)15(10-14(12)22)23-5-7-24(8-6-23)17(25)3-4-18(26)27/h9-11H,2-8H2,1H3,(H,26,27)(H,29,30). The predicted molar refractivity (Wildman–Crippen MR) is 108 cm³/mol. The number of aryl methyl sites for hydroxylation is 1. The highest BCUT2D eigenvalue weighted by Crippen LogP contribution is 2.27. The van der Waals surface area contributed by atoms with Gasteiger partial charge in [-0.05, 0) is 19.1 Å². The van der Waals surface area contributed by atoms with E-state index >= 15 is 0 Å². The number of pyridine rings is 1. The summed E-state index contributed by atoms with van der Waals surface area (Å²) in [6, 6.07) is 2.60. The Bertz CT molecular complexity index is 1090. The molecule has 0 spiro atoms. The molecule has 31 heavy (non-hydrogen) atoms. The minimum atomic E-state index is -1.63. The number of carboxylic acids is 1. The molecule has 1 aromatic heterocycles. The highest BCUT2D eigenvalue weighted by Gasteiger charge is 2.24. The van der Waals surface area contributed by atoms with Gasteiger partial charge in [0.1, 0.15) is 5.82 Å². The Hall–Kier alpha value is -3.63. The van der Waals surface area contributed by atoms with E-state index in [1.165, 1.54) is 12.3 Å². The summed E-state index contributed by atoms with van der Waals surface area (Å²) in [5.41, 5.74) is -0.0263. The first kappa shape index (κ1) is 22.1. The largest absolute Gasteiger partial charge is 0.511 e. The predicted octanol–water partition coefficient (Wildman–Crippen LogP) is 1.73. The zero-order chi connectivity index (χ0) is 22.7. The molecular weight excluding hydrogens is 413 g/mol. The van der Waals surface area contributed by atoms with E-state index in [4.69, 9.17) is 10.2 Å². The number of piperazine rings is 1. The Kier molecular flexibility index (Phi) is 6.42. The van der Waals surface area contributed by atoms with Crippen molar-refractivity contribution in [2.75, 3.05) is 31.1 Å². The molecule has 2 N–H and O–H groups in total. The third kappa shape index (κ3) is 4.76. The monoisotopic (exact) mass is 435 g/mol. The Balaban J connectivity index is 1.86. The van der Waals surface area contributed by atoms with Crippen LogP contribution in [0.2, 0.25) is 0 Å². The third-order valence-electron chi connectivity index (χ3n) is 5.18. The molecule has 0 radical (unpaired) electrons. The smallest absolute Gasteiger partial charge is 0.481 e. The number of rotatable bonds is 6. The maximum Gasteiger partial charge on any atom is 0.511 e. The van der Waals surface area contributed by atoms with Gasteiger partial charge in [-0.25, -0.2) is 9.18 Å².